The maximum atomic E-state index is 11.4. The number of hydrogen-bond acceptors (Lipinski definition) is 6. The van der Waals surface area contributed by atoms with E-state index in [4.69, 9.17) is 15.2 Å². The number of carboxylic acid groups (broad SMARTS) is 1. The fourth-order valence-corrected chi connectivity index (χ4v) is 1.60. The lowest BCUT2D eigenvalue weighted by atomic mass is 10.2. The predicted molar refractivity (Wildman–Crippen MR) is 60.5 cm³/mol. The molecule has 0 unspecified atom stereocenters. The SMILES string of the molecule is O=C(O)c1ccc(NO)cc1ON1C(=O)CCC1=O. The first-order valence-electron chi connectivity index (χ1n) is 5.34. The molecule has 0 aliphatic carbocycles. The zero-order valence-corrected chi connectivity index (χ0v) is 9.62. The smallest absolute Gasteiger partial charge is 0.339 e. The third kappa shape index (κ3) is 2.47. The van der Waals surface area contributed by atoms with Crippen LogP contribution in [0.2, 0.25) is 0 Å². The van der Waals surface area contributed by atoms with Gasteiger partial charge in [0, 0.05) is 18.9 Å². The quantitative estimate of drug-likeness (QED) is 0.540. The van der Waals surface area contributed by atoms with Gasteiger partial charge in [-0.15, -0.1) is 5.06 Å². The van der Waals surface area contributed by atoms with Gasteiger partial charge in [0.1, 0.15) is 5.56 Å². The van der Waals surface area contributed by atoms with Crippen molar-refractivity contribution in [3.63, 3.8) is 0 Å². The first-order valence-corrected chi connectivity index (χ1v) is 5.34. The molecule has 3 N–H and O–H groups in total. The number of hydrogen-bond donors (Lipinski definition) is 3. The summed E-state index contributed by atoms with van der Waals surface area (Å²) in [6.07, 6.45) is 0.0539. The van der Waals surface area contributed by atoms with Gasteiger partial charge in [-0.25, -0.2) is 4.79 Å². The predicted octanol–water partition coefficient (Wildman–Crippen LogP) is 0.629. The van der Waals surface area contributed by atoms with E-state index in [1.54, 1.807) is 0 Å². The number of imide groups is 1. The van der Waals surface area contributed by atoms with E-state index >= 15 is 0 Å². The van der Waals surface area contributed by atoms with E-state index in [2.05, 4.69) is 0 Å². The van der Waals surface area contributed by atoms with Crippen molar-refractivity contribution in [3.8, 4) is 5.75 Å². The Hall–Kier alpha value is -2.61. The Balaban J connectivity index is 2.34. The van der Waals surface area contributed by atoms with E-state index in [0.717, 1.165) is 0 Å². The normalized spacial score (nSPS) is 14.7. The number of nitrogens with one attached hydrogen (secondary N) is 1. The van der Waals surface area contributed by atoms with Crippen molar-refractivity contribution >= 4 is 23.5 Å². The summed E-state index contributed by atoms with van der Waals surface area (Å²) in [7, 11) is 0. The highest BCUT2D eigenvalue weighted by molar-refractivity contribution is 6.01. The number of carboxylic acids is 1. The number of amides is 2. The highest BCUT2D eigenvalue weighted by Gasteiger charge is 2.32. The van der Waals surface area contributed by atoms with E-state index in [9.17, 15) is 14.4 Å². The van der Waals surface area contributed by atoms with Crippen molar-refractivity contribution in [2.45, 2.75) is 12.8 Å². The molecule has 19 heavy (non-hydrogen) atoms. The van der Waals surface area contributed by atoms with Gasteiger partial charge in [0.15, 0.2) is 5.75 Å². The van der Waals surface area contributed by atoms with Crippen molar-refractivity contribution in [2.75, 3.05) is 5.48 Å². The number of carbonyl (C=O) groups is 3. The third-order valence-corrected chi connectivity index (χ3v) is 2.54. The van der Waals surface area contributed by atoms with E-state index in [1.807, 2.05) is 5.48 Å². The summed E-state index contributed by atoms with van der Waals surface area (Å²) in [6.45, 7) is 0. The lowest BCUT2D eigenvalue weighted by molar-refractivity contribution is -0.164. The molecule has 1 heterocycles. The molecule has 100 valence electrons. The number of anilines is 1. The lowest BCUT2D eigenvalue weighted by Crippen LogP contribution is -2.33. The van der Waals surface area contributed by atoms with Gasteiger partial charge < -0.3 is 9.94 Å². The van der Waals surface area contributed by atoms with Gasteiger partial charge in [-0.1, -0.05) is 0 Å². The van der Waals surface area contributed by atoms with Crippen LogP contribution in [0.15, 0.2) is 18.2 Å². The van der Waals surface area contributed by atoms with Crippen LogP contribution in [0.4, 0.5) is 5.69 Å². The number of benzene rings is 1. The summed E-state index contributed by atoms with van der Waals surface area (Å²) >= 11 is 0. The van der Waals surface area contributed by atoms with Crippen LogP contribution < -0.4 is 10.3 Å². The van der Waals surface area contributed by atoms with Gasteiger partial charge >= 0.3 is 5.97 Å². The summed E-state index contributed by atoms with van der Waals surface area (Å²) in [5.41, 5.74) is 1.76. The molecular weight excluding hydrogens is 256 g/mol. The van der Waals surface area contributed by atoms with Crippen molar-refractivity contribution in [1.29, 1.82) is 0 Å². The van der Waals surface area contributed by atoms with Crippen molar-refractivity contribution < 1.29 is 29.5 Å². The highest BCUT2D eigenvalue weighted by Crippen LogP contribution is 2.26. The minimum atomic E-state index is -1.28. The van der Waals surface area contributed by atoms with Crippen molar-refractivity contribution in [2.24, 2.45) is 0 Å². The fraction of sp³-hybridized carbons (Fsp3) is 0.182. The Morgan fingerprint density at radius 3 is 2.42 bits per heavy atom. The summed E-state index contributed by atoms with van der Waals surface area (Å²) in [4.78, 5) is 38.8. The molecule has 2 amide bonds. The number of aromatic carboxylic acids is 1. The average molecular weight is 266 g/mol. The van der Waals surface area contributed by atoms with Crippen LogP contribution in [-0.4, -0.2) is 33.2 Å². The zero-order chi connectivity index (χ0) is 14.0. The highest BCUT2D eigenvalue weighted by atomic mass is 16.7. The van der Waals surface area contributed by atoms with E-state index in [1.165, 1.54) is 18.2 Å². The molecule has 0 radical (unpaired) electrons. The van der Waals surface area contributed by atoms with Gasteiger partial charge in [0.25, 0.3) is 11.8 Å². The molecule has 1 aliphatic heterocycles. The molecule has 1 aliphatic rings. The molecular formula is C11H10N2O6. The molecule has 1 aromatic carbocycles. The minimum Gasteiger partial charge on any atom is -0.478 e. The van der Waals surface area contributed by atoms with Gasteiger partial charge in [-0.2, -0.15) is 0 Å². The topological polar surface area (TPSA) is 116 Å². The molecule has 2 rings (SSSR count). The lowest BCUT2D eigenvalue weighted by Gasteiger charge is -2.16. The summed E-state index contributed by atoms with van der Waals surface area (Å²) < 4.78 is 0. The van der Waals surface area contributed by atoms with Gasteiger partial charge in [0.05, 0.1) is 5.69 Å². The summed E-state index contributed by atoms with van der Waals surface area (Å²) in [5.74, 6) is -2.57. The van der Waals surface area contributed by atoms with Crippen LogP contribution in [0.1, 0.15) is 23.2 Å². The molecule has 0 saturated carbocycles. The van der Waals surface area contributed by atoms with Crippen LogP contribution in [0.3, 0.4) is 0 Å². The fourth-order valence-electron chi connectivity index (χ4n) is 1.60. The standard InChI is InChI=1S/C11H10N2O6/c14-9-3-4-10(15)13(9)19-8-5-6(12-18)1-2-7(8)11(16)17/h1-2,5,12,18H,3-4H2,(H,16,17). The Bertz CT molecular complexity index is 540. The van der Waals surface area contributed by atoms with E-state index in [0.29, 0.717) is 5.06 Å². The molecule has 8 nitrogen and oxygen atoms in total. The molecule has 0 atom stereocenters. The monoisotopic (exact) mass is 266 g/mol. The largest absolute Gasteiger partial charge is 0.478 e. The van der Waals surface area contributed by atoms with E-state index < -0.39 is 17.8 Å². The molecule has 1 aromatic rings. The van der Waals surface area contributed by atoms with Gasteiger partial charge in [0.2, 0.25) is 0 Å². The zero-order valence-electron chi connectivity index (χ0n) is 9.62. The Labute approximate surface area is 107 Å². The number of rotatable bonds is 4. The molecule has 8 heteroatoms. The molecule has 0 aromatic heterocycles. The Kier molecular flexibility index (Phi) is 3.34. The van der Waals surface area contributed by atoms with Crippen LogP contribution in [0.5, 0.6) is 5.75 Å². The number of nitrogens with zero attached hydrogens (tertiary/aromatic N) is 1. The first-order chi connectivity index (χ1) is 9.02. The third-order valence-electron chi connectivity index (χ3n) is 2.54. The second kappa shape index (κ2) is 4.94. The molecule has 0 bridgehead atoms. The van der Waals surface area contributed by atoms with Crippen molar-refractivity contribution in [1.82, 2.24) is 5.06 Å². The van der Waals surface area contributed by atoms with Crippen molar-refractivity contribution in [3.05, 3.63) is 23.8 Å². The Morgan fingerprint density at radius 2 is 1.89 bits per heavy atom. The number of hydroxylamine groups is 2. The maximum absolute atomic E-state index is 11.4. The van der Waals surface area contributed by atoms with Crippen LogP contribution >= 0.6 is 0 Å². The van der Waals surface area contributed by atoms with Crippen LogP contribution in [0, 0.1) is 0 Å². The second-order valence-electron chi connectivity index (χ2n) is 3.80. The summed E-state index contributed by atoms with van der Waals surface area (Å²) in [5, 5.41) is 18.3. The molecule has 0 spiro atoms. The van der Waals surface area contributed by atoms with Crippen LogP contribution in [0.25, 0.3) is 0 Å². The average Bonchev–Trinajstić information content (AvgIpc) is 2.70. The minimum absolute atomic E-state index is 0.0270. The first kappa shape index (κ1) is 12.8. The number of carbonyl (C=O) groups excluding carboxylic acids is 2. The van der Waals surface area contributed by atoms with Gasteiger partial charge in [-0.05, 0) is 12.1 Å². The molecule has 1 saturated heterocycles. The Morgan fingerprint density at radius 1 is 1.26 bits per heavy atom. The summed E-state index contributed by atoms with van der Waals surface area (Å²) in [6, 6.07) is 3.66. The second-order valence-corrected chi connectivity index (χ2v) is 3.80. The maximum Gasteiger partial charge on any atom is 0.339 e. The van der Waals surface area contributed by atoms with Gasteiger partial charge in [-0.3, -0.25) is 20.3 Å². The van der Waals surface area contributed by atoms with E-state index in [-0.39, 0.29) is 29.8 Å². The van der Waals surface area contributed by atoms with Crippen LogP contribution in [-0.2, 0) is 9.59 Å². The molecule has 1 fully saturated rings.